The van der Waals surface area contributed by atoms with Crippen LogP contribution < -0.4 is 32.1 Å². The molecule has 0 aliphatic heterocycles. The maximum Gasteiger partial charge on any atom is 0.339 e. The van der Waals surface area contributed by atoms with Gasteiger partial charge in [-0.1, -0.05) is 6.07 Å². The number of methoxy groups -OCH3 is 1. The van der Waals surface area contributed by atoms with E-state index in [0.29, 0.717) is 22.5 Å². The molecule has 11 heteroatoms. The Bertz CT molecular complexity index is 1630. The Kier molecular flexibility index (Phi) is 6.49. The van der Waals surface area contributed by atoms with Gasteiger partial charge >= 0.3 is 5.63 Å². The van der Waals surface area contributed by atoms with E-state index in [1.165, 1.54) is 25.3 Å². The van der Waals surface area contributed by atoms with Crippen LogP contribution in [0.3, 0.4) is 0 Å². The third kappa shape index (κ3) is 4.83. The molecule has 0 spiro atoms. The normalized spacial score (nSPS) is 10.9. The van der Waals surface area contributed by atoms with Gasteiger partial charge in [0.1, 0.15) is 11.3 Å². The largest absolute Gasteiger partial charge is 0.497 e. The van der Waals surface area contributed by atoms with Gasteiger partial charge in [0.25, 0.3) is 11.1 Å². The van der Waals surface area contributed by atoms with E-state index in [-0.39, 0.29) is 35.8 Å². The van der Waals surface area contributed by atoms with Crippen LogP contribution in [0.1, 0.15) is 17.5 Å². The quantitative estimate of drug-likeness (QED) is 0.291. The van der Waals surface area contributed by atoms with Gasteiger partial charge in [-0.05, 0) is 43.2 Å². The smallest absolute Gasteiger partial charge is 0.339 e. The fourth-order valence-electron chi connectivity index (χ4n) is 3.82. The first-order valence-electron chi connectivity index (χ1n) is 10.7. The average molecular weight is 478 g/mol. The lowest BCUT2D eigenvalue weighted by atomic mass is 10.0. The van der Waals surface area contributed by atoms with Crippen LogP contribution in [0.2, 0.25) is 0 Å². The van der Waals surface area contributed by atoms with E-state index in [9.17, 15) is 24.0 Å². The molecular formula is C24H22N4O7. The van der Waals surface area contributed by atoms with Gasteiger partial charge in [0.05, 0.1) is 30.1 Å². The minimum Gasteiger partial charge on any atom is -0.497 e. The molecular weight excluding hydrogens is 456 g/mol. The summed E-state index contributed by atoms with van der Waals surface area (Å²) in [4.78, 5) is 61.1. The fourth-order valence-corrected chi connectivity index (χ4v) is 3.82. The lowest BCUT2D eigenvalue weighted by molar-refractivity contribution is -0.124. The number of carbonyl (C=O) groups is 2. The number of ether oxygens (including phenoxy) is 1. The predicted molar refractivity (Wildman–Crippen MR) is 129 cm³/mol. The van der Waals surface area contributed by atoms with Crippen LogP contribution in [-0.2, 0) is 16.0 Å². The highest BCUT2D eigenvalue weighted by molar-refractivity contribution is 6.02. The highest BCUT2D eigenvalue weighted by atomic mass is 16.5. The number of aromatic nitrogens is 2. The van der Waals surface area contributed by atoms with Crippen LogP contribution in [0.4, 0.5) is 5.69 Å². The monoisotopic (exact) mass is 478 g/mol. The molecule has 11 nitrogen and oxygen atoms in total. The first kappa shape index (κ1) is 23.5. The van der Waals surface area contributed by atoms with Crippen LogP contribution in [-0.4, -0.2) is 35.7 Å². The van der Waals surface area contributed by atoms with Crippen molar-refractivity contribution < 1.29 is 18.7 Å². The third-order valence-corrected chi connectivity index (χ3v) is 5.64. The first-order chi connectivity index (χ1) is 16.8. The second-order valence-electron chi connectivity index (χ2n) is 7.82. The van der Waals surface area contributed by atoms with Gasteiger partial charge in [0, 0.05) is 23.4 Å². The molecule has 2 aromatic carbocycles. The minimum absolute atomic E-state index is 0.0343. The summed E-state index contributed by atoms with van der Waals surface area (Å²) in [5.41, 5.74) is 0.0216. The van der Waals surface area contributed by atoms with E-state index in [2.05, 4.69) is 20.8 Å². The van der Waals surface area contributed by atoms with E-state index in [0.717, 1.165) is 5.39 Å². The van der Waals surface area contributed by atoms with Crippen molar-refractivity contribution in [3.63, 3.8) is 0 Å². The zero-order valence-corrected chi connectivity index (χ0v) is 18.9. The number of carbonyl (C=O) groups excluding carboxylic acids is 2. The fraction of sp³-hybridized carbons (Fsp3) is 0.208. The molecule has 2 heterocycles. The summed E-state index contributed by atoms with van der Waals surface area (Å²) in [6.07, 6.45) is 0.0922. The summed E-state index contributed by atoms with van der Waals surface area (Å²) in [5, 5.41) is 10.3. The number of aromatic amines is 2. The van der Waals surface area contributed by atoms with Gasteiger partial charge in [-0.2, -0.15) is 0 Å². The topological polar surface area (TPSA) is 163 Å². The molecule has 0 aliphatic rings. The molecule has 0 unspecified atom stereocenters. The molecule has 4 rings (SSSR count). The molecule has 2 aromatic heterocycles. The Balaban J connectivity index is 1.39. The zero-order valence-electron chi connectivity index (χ0n) is 18.9. The molecule has 180 valence electrons. The summed E-state index contributed by atoms with van der Waals surface area (Å²) in [6.45, 7) is 1.42. The van der Waals surface area contributed by atoms with Gasteiger partial charge in [0.2, 0.25) is 11.8 Å². The van der Waals surface area contributed by atoms with Gasteiger partial charge in [-0.15, -0.1) is 0 Å². The van der Waals surface area contributed by atoms with Crippen molar-refractivity contribution in [3.05, 3.63) is 78.7 Å². The summed E-state index contributed by atoms with van der Waals surface area (Å²) in [7, 11) is 1.52. The minimum atomic E-state index is -0.583. The van der Waals surface area contributed by atoms with Gasteiger partial charge < -0.3 is 19.8 Å². The van der Waals surface area contributed by atoms with Crippen molar-refractivity contribution in [1.82, 2.24) is 15.5 Å². The van der Waals surface area contributed by atoms with E-state index >= 15 is 0 Å². The van der Waals surface area contributed by atoms with E-state index < -0.39 is 28.6 Å². The molecule has 0 fully saturated rings. The molecule has 0 saturated heterocycles. The maximum absolute atomic E-state index is 12.4. The van der Waals surface area contributed by atoms with Crippen molar-refractivity contribution in [2.45, 2.75) is 19.8 Å². The summed E-state index contributed by atoms with van der Waals surface area (Å²) in [5.74, 6) is -0.466. The van der Waals surface area contributed by atoms with E-state index in [1.807, 2.05) is 0 Å². The van der Waals surface area contributed by atoms with Crippen molar-refractivity contribution in [1.29, 1.82) is 0 Å². The van der Waals surface area contributed by atoms with Crippen LogP contribution in [0.5, 0.6) is 5.75 Å². The molecule has 0 saturated carbocycles. The van der Waals surface area contributed by atoms with E-state index in [4.69, 9.17) is 9.15 Å². The predicted octanol–water partition coefficient (Wildman–Crippen LogP) is 1.33. The molecule has 4 aromatic rings. The number of H-pyrrole nitrogens is 2. The van der Waals surface area contributed by atoms with Crippen molar-refractivity contribution >= 4 is 39.2 Å². The SMILES string of the molecule is COc1ccc2c(C)c(CCC(=O)NCC(=O)Nc3cccc4c(=O)[nH][nH]c(=O)c34)c(=O)oc2c1. The summed E-state index contributed by atoms with van der Waals surface area (Å²) in [6, 6.07) is 9.63. The van der Waals surface area contributed by atoms with Gasteiger partial charge in [0.15, 0.2) is 0 Å². The lowest BCUT2D eigenvalue weighted by Crippen LogP contribution is -2.33. The Hall–Kier alpha value is -4.67. The number of anilines is 1. The first-order valence-corrected chi connectivity index (χ1v) is 10.7. The van der Waals surface area contributed by atoms with Crippen LogP contribution in [0.25, 0.3) is 21.7 Å². The number of fused-ring (bicyclic) bond motifs is 2. The second-order valence-corrected chi connectivity index (χ2v) is 7.82. The van der Waals surface area contributed by atoms with Crippen LogP contribution in [0, 0.1) is 6.92 Å². The standard InChI is InChI=1S/C24H22N4O7/c1-12-14-7-6-13(34-2)10-18(14)35-24(33)15(12)8-9-19(29)25-11-20(30)26-17-5-3-4-16-21(17)23(32)28-27-22(16)31/h3-7,10H,8-9,11H2,1-2H3,(H,25,29)(H,26,30)(H,27,31)(H,28,32). The van der Waals surface area contributed by atoms with Crippen LogP contribution >= 0.6 is 0 Å². The number of benzene rings is 2. The number of rotatable bonds is 7. The Morgan fingerprint density at radius 3 is 2.54 bits per heavy atom. The Morgan fingerprint density at radius 1 is 1.00 bits per heavy atom. The summed E-state index contributed by atoms with van der Waals surface area (Å²) < 4.78 is 10.5. The van der Waals surface area contributed by atoms with Crippen molar-refractivity contribution in [2.24, 2.45) is 0 Å². The van der Waals surface area contributed by atoms with E-state index in [1.54, 1.807) is 25.1 Å². The zero-order chi connectivity index (χ0) is 25.1. The second kappa shape index (κ2) is 9.67. The molecule has 0 radical (unpaired) electrons. The molecule has 35 heavy (non-hydrogen) atoms. The highest BCUT2D eigenvalue weighted by Crippen LogP contribution is 2.24. The van der Waals surface area contributed by atoms with Crippen LogP contribution in [0.15, 0.2) is 55.2 Å². The van der Waals surface area contributed by atoms with Crippen molar-refractivity contribution in [2.75, 3.05) is 19.0 Å². The molecule has 0 atom stereocenters. The Morgan fingerprint density at radius 2 is 1.77 bits per heavy atom. The molecule has 0 bridgehead atoms. The van der Waals surface area contributed by atoms with Gasteiger partial charge in [-0.25, -0.2) is 4.79 Å². The number of hydrogen-bond acceptors (Lipinski definition) is 7. The molecule has 4 N–H and O–H groups in total. The highest BCUT2D eigenvalue weighted by Gasteiger charge is 2.15. The third-order valence-electron chi connectivity index (χ3n) is 5.64. The Labute approximate surface area is 197 Å². The molecule has 0 aliphatic carbocycles. The average Bonchev–Trinajstić information content (AvgIpc) is 2.84. The molecule has 2 amide bonds. The maximum atomic E-state index is 12.4. The number of amides is 2. The number of hydrogen-bond donors (Lipinski definition) is 4. The van der Waals surface area contributed by atoms with Crippen molar-refractivity contribution in [3.8, 4) is 5.75 Å². The summed E-state index contributed by atoms with van der Waals surface area (Å²) >= 11 is 0. The van der Waals surface area contributed by atoms with Gasteiger partial charge in [-0.3, -0.25) is 29.4 Å². The number of aryl methyl sites for hydroxylation is 1. The lowest BCUT2D eigenvalue weighted by Gasteiger charge is -2.10. The number of nitrogens with one attached hydrogen (secondary N) is 4.